The predicted octanol–water partition coefficient (Wildman–Crippen LogP) is 1.32. The van der Waals surface area contributed by atoms with Gasteiger partial charge in [-0.15, -0.1) is 0 Å². The molecule has 2 rings (SSSR count). The Morgan fingerprint density at radius 2 is 2.19 bits per heavy atom. The summed E-state index contributed by atoms with van der Waals surface area (Å²) in [4.78, 5) is 5.20. The van der Waals surface area contributed by atoms with Crippen molar-refractivity contribution in [1.29, 1.82) is 0 Å². The fourth-order valence-corrected chi connectivity index (χ4v) is 3.38. The van der Waals surface area contributed by atoms with Crippen LogP contribution in [0.25, 0.3) is 0 Å². The van der Waals surface area contributed by atoms with Gasteiger partial charge < -0.3 is 10.0 Å². The van der Waals surface area contributed by atoms with Crippen molar-refractivity contribution in [3.05, 3.63) is 0 Å². The van der Waals surface area contributed by atoms with E-state index in [0.717, 1.165) is 24.5 Å². The van der Waals surface area contributed by atoms with E-state index in [0.29, 0.717) is 6.61 Å². The van der Waals surface area contributed by atoms with Gasteiger partial charge in [-0.1, -0.05) is 0 Å². The van der Waals surface area contributed by atoms with Crippen LogP contribution in [0, 0.1) is 0 Å². The van der Waals surface area contributed by atoms with Crippen LogP contribution in [0.15, 0.2) is 0 Å². The highest BCUT2D eigenvalue weighted by atomic mass is 16.2. The molecule has 0 amide bonds. The van der Waals surface area contributed by atoms with E-state index < -0.39 is 0 Å². The van der Waals surface area contributed by atoms with E-state index in [2.05, 4.69) is 23.8 Å². The van der Waals surface area contributed by atoms with Crippen molar-refractivity contribution in [1.82, 2.24) is 9.80 Å². The Kier molecular flexibility index (Phi) is 4.22. The number of likely N-dealkylation sites (N-methyl/N-ethyl adjacent to an activating group) is 1. The second-order valence-electron chi connectivity index (χ2n) is 5.58. The van der Waals surface area contributed by atoms with Crippen LogP contribution in [0.1, 0.15) is 39.0 Å². The molecule has 2 aliphatic rings. The Hall–Kier alpha value is -0.120. The third-order valence-corrected chi connectivity index (χ3v) is 4.45. The lowest BCUT2D eigenvalue weighted by atomic mass is 10.1. The van der Waals surface area contributed by atoms with Gasteiger partial charge in [-0.2, -0.15) is 0 Å². The summed E-state index contributed by atoms with van der Waals surface area (Å²) in [5, 5.41) is 8.94. The van der Waals surface area contributed by atoms with Crippen LogP contribution in [0.5, 0.6) is 0 Å². The van der Waals surface area contributed by atoms with Crippen molar-refractivity contribution in [3.8, 4) is 0 Å². The second-order valence-corrected chi connectivity index (χ2v) is 5.58. The van der Waals surface area contributed by atoms with E-state index in [4.69, 9.17) is 5.11 Å². The summed E-state index contributed by atoms with van der Waals surface area (Å²) >= 11 is 0. The average molecular weight is 226 g/mol. The molecule has 0 aliphatic carbocycles. The summed E-state index contributed by atoms with van der Waals surface area (Å²) in [6.45, 7) is 5.20. The van der Waals surface area contributed by atoms with Gasteiger partial charge >= 0.3 is 0 Å². The zero-order chi connectivity index (χ0) is 11.5. The van der Waals surface area contributed by atoms with Crippen LogP contribution in [0.3, 0.4) is 0 Å². The summed E-state index contributed by atoms with van der Waals surface area (Å²) < 4.78 is 0. The fourth-order valence-electron chi connectivity index (χ4n) is 3.38. The lowest BCUT2D eigenvalue weighted by molar-refractivity contribution is 0.163. The molecule has 3 heteroatoms. The average Bonchev–Trinajstić information content (AvgIpc) is 2.83. The zero-order valence-electron chi connectivity index (χ0n) is 10.7. The van der Waals surface area contributed by atoms with Crippen LogP contribution >= 0.6 is 0 Å². The number of aliphatic hydroxyl groups is 1. The first-order chi connectivity index (χ1) is 7.72. The van der Waals surface area contributed by atoms with E-state index in [-0.39, 0.29) is 0 Å². The largest absolute Gasteiger partial charge is 0.396 e. The number of aliphatic hydroxyl groups excluding tert-OH is 1. The van der Waals surface area contributed by atoms with Gasteiger partial charge in [-0.25, -0.2) is 0 Å². The van der Waals surface area contributed by atoms with Crippen molar-refractivity contribution in [2.24, 2.45) is 0 Å². The number of hydrogen-bond acceptors (Lipinski definition) is 3. The normalized spacial score (nSPS) is 37.3. The van der Waals surface area contributed by atoms with E-state index in [9.17, 15) is 0 Å². The zero-order valence-corrected chi connectivity index (χ0v) is 10.7. The lowest BCUT2D eigenvalue weighted by Crippen LogP contribution is -2.40. The molecule has 2 saturated heterocycles. The first-order valence-electron chi connectivity index (χ1n) is 6.79. The highest BCUT2D eigenvalue weighted by Gasteiger charge is 2.36. The summed E-state index contributed by atoms with van der Waals surface area (Å²) in [5.41, 5.74) is 0. The molecule has 0 saturated carbocycles. The Balaban J connectivity index is 1.88. The third-order valence-electron chi connectivity index (χ3n) is 4.45. The standard InChI is InChI=1S/C13H26N2O/c1-11-9-13(10-14(11)2)15-7-3-5-12(15)6-4-8-16/h11-13,16H,3-10H2,1-2H3. The molecule has 0 aromatic carbocycles. The molecular formula is C13H26N2O. The van der Waals surface area contributed by atoms with Gasteiger partial charge in [0.05, 0.1) is 0 Å². The molecule has 0 spiro atoms. The number of hydrogen-bond donors (Lipinski definition) is 1. The minimum Gasteiger partial charge on any atom is -0.396 e. The molecule has 94 valence electrons. The van der Waals surface area contributed by atoms with Crippen LogP contribution in [-0.4, -0.2) is 59.8 Å². The first kappa shape index (κ1) is 12.3. The maximum Gasteiger partial charge on any atom is 0.0431 e. The maximum atomic E-state index is 8.94. The molecular weight excluding hydrogens is 200 g/mol. The molecule has 0 aromatic rings. The van der Waals surface area contributed by atoms with Crippen LogP contribution in [0.2, 0.25) is 0 Å². The van der Waals surface area contributed by atoms with Crippen LogP contribution in [-0.2, 0) is 0 Å². The van der Waals surface area contributed by atoms with Gasteiger partial charge in [0.1, 0.15) is 0 Å². The minimum atomic E-state index is 0.352. The fraction of sp³-hybridized carbons (Fsp3) is 1.00. The molecule has 1 N–H and O–H groups in total. The molecule has 2 fully saturated rings. The Labute approximate surface area is 99.4 Å². The smallest absolute Gasteiger partial charge is 0.0431 e. The Morgan fingerprint density at radius 3 is 2.81 bits per heavy atom. The second kappa shape index (κ2) is 5.48. The third kappa shape index (κ3) is 2.58. The molecule has 0 radical (unpaired) electrons. The molecule has 3 nitrogen and oxygen atoms in total. The van der Waals surface area contributed by atoms with E-state index in [1.165, 1.54) is 38.8 Å². The van der Waals surface area contributed by atoms with Crippen molar-refractivity contribution in [2.45, 2.75) is 57.2 Å². The topological polar surface area (TPSA) is 26.7 Å². The highest BCUT2D eigenvalue weighted by Crippen LogP contribution is 2.29. The van der Waals surface area contributed by atoms with Crippen LogP contribution in [0.4, 0.5) is 0 Å². The molecule has 2 heterocycles. The minimum absolute atomic E-state index is 0.352. The molecule has 16 heavy (non-hydrogen) atoms. The van der Waals surface area contributed by atoms with E-state index >= 15 is 0 Å². The molecule has 3 unspecified atom stereocenters. The van der Waals surface area contributed by atoms with Crippen LogP contribution < -0.4 is 0 Å². The number of likely N-dealkylation sites (tertiary alicyclic amines) is 2. The summed E-state index contributed by atoms with van der Waals surface area (Å²) in [7, 11) is 2.24. The van der Waals surface area contributed by atoms with Crippen molar-refractivity contribution in [2.75, 3.05) is 26.7 Å². The monoisotopic (exact) mass is 226 g/mol. The van der Waals surface area contributed by atoms with Crippen molar-refractivity contribution in [3.63, 3.8) is 0 Å². The first-order valence-corrected chi connectivity index (χ1v) is 6.79. The predicted molar refractivity (Wildman–Crippen MR) is 66.5 cm³/mol. The lowest BCUT2D eigenvalue weighted by Gasteiger charge is -2.30. The van der Waals surface area contributed by atoms with E-state index in [1.807, 2.05) is 0 Å². The van der Waals surface area contributed by atoms with E-state index in [1.54, 1.807) is 0 Å². The maximum absolute atomic E-state index is 8.94. The summed E-state index contributed by atoms with van der Waals surface area (Å²) in [6, 6.07) is 2.26. The quantitative estimate of drug-likeness (QED) is 0.783. The van der Waals surface area contributed by atoms with Crippen molar-refractivity contribution < 1.29 is 5.11 Å². The Morgan fingerprint density at radius 1 is 1.38 bits per heavy atom. The summed E-state index contributed by atoms with van der Waals surface area (Å²) in [5.74, 6) is 0. The number of nitrogens with zero attached hydrogens (tertiary/aromatic N) is 2. The molecule has 3 atom stereocenters. The summed E-state index contributed by atoms with van der Waals surface area (Å²) in [6.07, 6.45) is 6.18. The van der Waals surface area contributed by atoms with Gasteiger partial charge in [-0.05, 0) is 52.6 Å². The van der Waals surface area contributed by atoms with Crippen molar-refractivity contribution >= 4 is 0 Å². The number of rotatable bonds is 4. The Bertz CT molecular complexity index is 212. The van der Waals surface area contributed by atoms with Gasteiger partial charge in [0.15, 0.2) is 0 Å². The van der Waals surface area contributed by atoms with Gasteiger partial charge in [0, 0.05) is 31.3 Å². The molecule has 0 aromatic heterocycles. The van der Waals surface area contributed by atoms with Gasteiger partial charge in [0.25, 0.3) is 0 Å². The highest BCUT2D eigenvalue weighted by molar-refractivity contribution is 4.92. The SMILES string of the molecule is CC1CC(N2CCCC2CCCO)CN1C. The van der Waals surface area contributed by atoms with Gasteiger partial charge in [-0.3, -0.25) is 4.90 Å². The molecule has 0 bridgehead atoms. The molecule has 2 aliphatic heterocycles. The van der Waals surface area contributed by atoms with Gasteiger partial charge in [0.2, 0.25) is 0 Å².